The van der Waals surface area contributed by atoms with E-state index < -0.39 is 12.0 Å². The van der Waals surface area contributed by atoms with Crippen LogP contribution in [0.5, 0.6) is 0 Å². The summed E-state index contributed by atoms with van der Waals surface area (Å²) in [7, 11) is 0. The summed E-state index contributed by atoms with van der Waals surface area (Å²) in [5, 5.41) is 20.2. The van der Waals surface area contributed by atoms with Gasteiger partial charge < -0.3 is 15.5 Å². The predicted octanol–water partition coefficient (Wildman–Crippen LogP) is -0.394. The molecule has 0 bridgehead atoms. The summed E-state index contributed by atoms with van der Waals surface area (Å²) in [5.74, 6) is -0.827. The molecule has 1 unspecified atom stereocenters. The molecule has 5 heteroatoms. The maximum absolute atomic E-state index is 10.3. The summed E-state index contributed by atoms with van der Waals surface area (Å²) in [4.78, 5) is 10.3. The molecule has 0 saturated carbocycles. The van der Waals surface area contributed by atoms with Gasteiger partial charge in [-0.3, -0.25) is 4.79 Å². The number of aliphatic carboxylic acids is 1. The Labute approximate surface area is 71.0 Å². The highest BCUT2D eigenvalue weighted by Gasteiger charge is 2.23. The van der Waals surface area contributed by atoms with Crippen LogP contribution in [0.3, 0.4) is 0 Å². The zero-order valence-electron chi connectivity index (χ0n) is 5.99. The molecule has 0 spiro atoms. The van der Waals surface area contributed by atoms with Crippen molar-refractivity contribution in [3.63, 3.8) is 0 Å². The Morgan fingerprint density at radius 3 is 2.45 bits per heavy atom. The van der Waals surface area contributed by atoms with Crippen molar-refractivity contribution < 1.29 is 15.0 Å². The van der Waals surface area contributed by atoms with Crippen molar-refractivity contribution in [2.75, 3.05) is 6.54 Å². The lowest BCUT2D eigenvalue weighted by molar-refractivity contribution is -0.140. The van der Waals surface area contributed by atoms with Gasteiger partial charge in [-0.25, -0.2) is 0 Å². The van der Waals surface area contributed by atoms with Crippen molar-refractivity contribution in [3.05, 3.63) is 0 Å². The van der Waals surface area contributed by atoms with Gasteiger partial charge in [0.15, 0.2) is 0 Å². The molecule has 4 nitrogen and oxygen atoms in total. The van der Waals surface area contributed by atoms with Gasteiger partial charge in [-0.05, 0) is 12.8 Å². The molecule has 0 radical (unpaired) electrons. The molecule has 0 amide bonds. The Morgan fingerprint density at radius 2 is 2.09 bits per heavy atom. The first kappa shape index (κ1) is 10.7. The molecule has 3 N–H and O–H groups in total. The molecule has 0 aliphatic carbocycles. The Balaban J connectivity index is 0.000001000. The van der Waals surface area contributed by atoms with Crippen LogP contribution in [0.25, 0.3) is 0 Å². The van der Waals surface area contributed by atoms with Crippen molar-refractivity contribution in [2.24, 2.45) is 0 Å². The van der Waals surface area contributed by atoms with E-state index in [0.717, 1.165) is 0 Å². The maximum atomic E-state index is 10.3. The zero-order valence-corrected chi connectivity index (χ0v) is 6.80. The number of β-amino-alcohol motifs (C(OH)–C–C–N with tert-alkyl or cyclic N) is 1. The molecule has 1 heterocycles. The highest BCUT2D eigenvalue weighted by Crippen LogP contribution is 2.07. The lowest BCUT2D eigenvalue weighted by Crippen LogP contribution is -2.45. The number of hydrogen-bond donors (Lipinski definition) is 3. The van der Waals surface area contributed by atoms with E-state index in [-0.39, 0.29) is 18.5 Å². The van der Waals surface area contributed by atoms with Crippen LogP contribution in [0.1, 0.15) is 12.8 Å². The van der Waals surface area contributed by atoms with Crippen molar-refractivity contribution in [1.82, 2.24) is 5.32 Å². The molecule has 2 atom stereocenters. The lowest BCUT2D eigenvalue weighted by Gasteiger charge is -2.23. The van der Waals surface area contributed by atoms with Crippen LogP contribution in [0.2, 0.25) is 0 Å². The first-order valence-electron chi connectivity index (χ1n) is 3.34. The van der Waals surface area contributed by atoms with Crippen molar-refractivity contribution in [2.45, 2.75) is 25.0 Å². The number of nitrogens with one attached hydrogen (secondary N) is 1. The first-order valence-corrected chi connectivity index (χ1v) is 3.34. The number of carboxylic acids is 1. The number of rotatable bonds is 1. The van der Waals surface area contributed by atoms with Gasteiger partial charge in [-0.15, -0.1) is 12.4 Å². The standard InChI is InChI=1S/C6H11NO3.ClH/c8-4-1-2-5(6(9)10)7-3-4;/h4-5,7-8H,1-3H2,(H,9,10);1H/t4?,5-;/m0./s1. The molecule has 1 aliphatic heterocycles. The second kappa shape index (κ2) is 4.54. The van der Waals surface area contributed by atoms with Gasteiger partial charge in [0.05, 0.1) is 6.10 Å². The van der Waals surface area contributed by atoms with Crippen LogP contribution < -0.4 is 5.32 Å². The molecule has 1 aliphatic rings. The van der Waals surface area contributed by atoms with Crippen LogP contribution in [0, 0.1) is 0 Å². The molecule has 1 fully saturated rings. The van der Waals surface area contributed by atoms with Gasteiger partial charge in [-0.2, -0.15) is 0 Å². The normalized spacial score (nSPS) is 30.6. The van der Waals surface area contributed by atoms with E-state index in [2.05, 4.69) is 5.32 Å². The monoisotopic (exact) mass is 181 g/mol. The number of aliphatic hydroxyl groups is 1. The number of carbonyl (C=O) groups is 1. The van der Waals surface area contributed by atoms with E-state index in [9.17, 15) is 4.79 Å². The highest BCUT2D eigenvalue weighted by molar-refractivity contribution is 5.85. The van der Waals surface area contributed by atoms with E-state index in [1.54, 1.807) is 0 Å². The fourth-order valence-corrected chi connectivity index (χ4v) is 1.05. The average Bonchev–Trinajstić information content (AvgIpc) is 1.88. The topological polar surface area (TPSA) is 69.6 Å². The second-order valence-corrected chi connectivity index (χ2v) is 2.53. The summed E-state index contributed by atoms with van der Waals surface area (Å²) < 4.78 is 0. The van der Waals surface area contributed by atoms with E-state index >= 15 is 0 Å². The summed E-state index contributed by atoms with van der Waals surface area (Å²) in [6.07, 6.45) is 0.746. The minimum atomic E-state index is -0.827. The van der Waals surface area contributed by atoms with Crippen LogP contribution >= 0.6 is 12.4 Å². The maximum Gasteiger partial charge on any atom is 0.320 e. The number of aliphatic hydroxyl groups excluding tert-OH is 1. The van der Waals surface area contributed by atoms with Crippen LogP contribution in [0.4, 0.5) is 0 Å². The number of hydrogen-bond acceptors (Lipinski definition) is 3. The predicted molar refractivity (Wildman–Crippen MR) is 41.9 cm³/mol. The van der Waals surface area contributed by atoms with E-state index in [4.69, 9.17) is 10.2 Å². The summed E-state index contributed by atoms with van der Waals surface area (Å²) in [6, 6.07) is -0.455. The van der Waals surface area contributed by atoms with Gasteiger partial charge in [-0.1, -0.05) is 0 Å². The fraction of sp³-hybridized carbons (Fsp3) is 0.833. The summed E-state index contributed by atoms with van der Waals surface area (Å²) >= 11 is 0. The van der Waals surface area contributed by atoms with Crippen molar-refractivity contribution in [3.8, 4) is 0 Å². The molecular weight excluding hydrogens is 170 g/mol. The second-order valence-electron chi connectivity index (χ2n) is 2.53. The molecule has 0 aromatic rings. The molecule has 11 heavy (non-hydrogen) atoms. The van der Waals surface area contributed by atoms with Gasteiger partial charge in [0.1, 0.15) is 6.04 Å². The SMILES string of the molecule is Cl.O=C(O)[C@@H]1CCC(O)CN1. The molecule has 0 aromatic heterocycles. The number of piperidine rings is 1. The van der Waals surface area contributed by atoms with Crippen LogP contribution in [-0.4, -0.2) is 34.9 Å². The highest BCUT2D eigenvalue weighted by atomic mass is 35.5. The van der Waals surface area contributed by atoms with Gasteiger partial charge in [0.2, 0.25) is 0 Å². The third kappa shape index (κ3) is 3.05. The molecule has 1 saturated heterocycles. The van der Waals surface area contributed by atoms with Crippen molar-refractivity contribution >= 4 is 18.4 Å². The number of carboxylic acid groups (broad SMARTS) is 1. The minimum absolute atomic E-state index is 0. The molecular formula is C6H12ClNO3. The summed E-state index contributed by atoms with van der Waals surface area (Å²) in [6.45, 7) is 0.400. The van der Waals surface area contributed by atoms with E-state index in [1.165, 1.54) is 0 Å². The smallest absolute Gasteiger partial charge is 0.320 e. The Kier molecular flexibility index (Phi) is 4.40. The quantitative estimate of drug-likeness (QED) is 0.515. The first-order chi connectivity index (χ1) is 4.70. The van der Waals surface area contributed by atoms with Gasteiger partial charge in [0, 0.05) is 6.54 Å². The minimum Gasteiger partial charge on any atom is -0.480 e. The average molecular weight is 182 g/mol. The van der Waals surface area contributed by atoms with E-state index in [1.807, 2.05) is 0 Å². The largest absolute Gasteiger partial charge is 0.480 e. The summed E-state index contributed by atoms with van der Waals surface area (Å²) in [5.41, 5.74) is 0. The van der Waals surface area contributed by atoms with E-state index in [0.29, 0.717) is 19.4 Å². The fourth-order valence-electron chi connectivity index (χ4n) is 1.05. The van der Waals surface area contributed by atoms with Crippen LogP contribution in [0.15, 0.2) is 0 Å². The van der Waals surface area contributed by atoms with Gasteiger partial charge in [0.25, 0.3) is 0 Å². The van der Waals surface area contributed by atoms with Gasteiger partial charge >= 0.3 is 5.97 Å². The molecule has 66 valence electrons. The Bertz CT molecular complexity index is 134. The third-order valence-corrected chi connectivity index (χ3v) is 1.69. The third-order valence-electron chi connectivity index (χ3n) is 1.69. The Morgan fingerprint density at radius 1 is 1.45 bits per heavy atom. The van der Waals surface area contributed by atoms with Crippen molar-refractivity contribution in [1.29, 1.82) is 0 Å². The Hall–Kier alpha value is -0.320. The van der Waals surface area contributed by atoms with Crippen LogP contribution in [-0.2, 0) is 4.79 Å². The zero-order chi connectivity index (χ0) is 7.56. The lowest BCUT2D eigenvalue weighted by atomic mass is 10.0. The molecule has 0 aromatic carbocycles. The number of halogens is 1. The molecule has 1 rings (SSSR count).